The van der Waals surface area contributed by atoms with Gasteiger partial charge in [-0.3, -0.25) is 0 Å². The maximum Gasteiger partial charge on any atom is 0.434 e. The molecule has 5 nitrogen and oxygen atoms in total. The Labute approximate surface area is 208 Å². The third-order valence-corrected chi connectivity index (χ3v) is 6.10. The first-order chi connectivity index (χ1) is 17.1. The number of rotatable bonds is 4. The monoisotopic (exact) mass is 512 g/mol. The lowest BCUT2D eigenvalue weighted by atomic mass is 9.98. The van der Waals surface area contributed by atoms with Gasteiger partial charge in [0.25, 0.3) is 5.89 Å². The first kappa shape index (κ1) is 23.7. The van der Waals surface area contributed by atoms with Crippen molar-refractivity contribution in [1.29, 1.82) is 0 Å². The minimum absolute atomic E-state index is 0.176. The van der Waals surface area contributed by atoms with Gasteiger partial charge in [-0.05, 0) is 47.9 Å². The molecule has 0 amide bonds. The molecule has 0 aliphatic heterocycles. The Kier molecular flexibility index (Phi) is 5.88. The lowest BCUT2D eigenvalue weighted by Crippen LogP contribution is -2.04. The summed E-state index contributed by atoms with van der Waals surface area (Å²) in [7, 11) is 1.50. The number of hydrogen-bond donors (Lipinski definition) is 0. The summed E-state index contributed by atoms with van der Waals surface area (Å²) in [6, 6.07) is 16.2. The molecule has 5 rings (SSSR count). The Morgan fingerprint density at radius 2 is 1.56 bits per heavy atom. The highest BCUT2D eigenvalue weighted by Crippen LogP contribution is 2.35. The fourth-order valence-corrected chi connectivity index (χ4v) is 3.97. The van der Waals surface area contributed by atoms with Crippen molar-refractivity contribution < 1.29 is 22.1 Å². The third kappa shape index (κ3) is 4.49. The molecule has 182 valence electrons. The zero-order valence-electron chi connectivity index (χ0n) is 18.9. The van der Waals surface area contributed by atoms with Crippen LogP contribution in [0.15, 0.2) is 71.4 Å². The van der Waals surface area contributed by atoms with Gasteiger partial charge < -0.3 is 9.09 Å². The van der Waals surface area contributed by atoms with Crippen molar-refractivity contribution in [3.8, 4) is 45.4 Å². The molecule has 36 heavy (non-hydrogen) atoms. The van der Waals surface area contributed by atoms with E-state index in [9.17, 15) is 17.6 Å². The minimum atomic E-state index is -4.53. The first-order valence-corrected chi connectivity index (χ1v) is 11.1. The Balaban J connectivity index is 1.47. The first-order valence-electron chi connectivity index (χ1n) is 10.7. The van der Waals surface area contributed by atoms with E-state index in [1.807, 2.05) is 19.1 Å². The smallest absolute Gasteiger partial charge is 0.334 e. The molecule has 0 fully saturated rings. The highest BCUT2D eigenvalue weighted by Gasteiger charge is 2.34. The lowest BCUT2D eigenvalue weighted by molar-refractivity contribution is -0.140. The van der Waals surface area contributed by atoms with E-state index >= 15 is 0 Å². The van der Waals surface area contributed by atoms with Gasteiger partial charge in [0.15, 0.2) is 5.69 Å². The second-order valence-electron chi connectivity index (χ2n) is 8.21. The van der Waals surface area contributed by atoms with E-state index in [2.05, 4.69) is 15.1 Å². The van der Waals surface area contributed by atoms with Gasteiger partial charge in [0.2, 0.25) is 5.82 Å². The molecule has 0 aliphatic carbocycles. The van der Waals surface area contributed by atoms with Crippen molar-refractivity contribution in [1.82, 2.24) is 19.7 Å². The van der Waals surface area contributed by atoms with Gasteiger partial charge >= 0.3 is 6.18 Å². The standard InChI is InChI=1S/C26H17ClF4N4O/c1-14-3-4-17(11-21(14)27)20-12-18(28)9-10-19(20)25-33-23(34-36-25)15-5-7-16(8-6-15)24-32-22(13-35(24)2)26(29,30)31/h3-13H,1-2H3. The summed E-state index contributed by atoms with van der Waals surface area (Å²) in [5, 5.41) is 4.58. The van der Waals surface area contributed by atoms with Crippen LogP contribution in [0.3, 0.4) is 0 Å². The van der Waals surface area contributed by atoms with Crippen LogP contribution < -0.4 is 0 Å². The normalized spacial score (nSPS) is 11.8. The summed E-state index contributed by atoms with van der Waals surface area (Å²) in [5.74, 6) is 0.198. The van der Waals surface area contributed by atoms with Gasteiger partial charge in [0, 0.05) is 35.0 Å². The van der Waals surface area contributed by atoms with E-state index in [1.165, 1.54) is 23.7 Å². The van der Waals surface area contributed by atoms with E-state index in [-0.39, 0.29) is 17.5 Å². The molecular formula is C26H17ClF4N4O. The van der Waals surface area contributed by atoms with Crippen molar-refractivity contribution in [2.45, 2.75) is 13.1 Å². The van der Waals surface area contributed by atoms with E-state index < -0.39 is 17.7 Å². The predicted molar refractivity (Wildman–Crippen MR) is 128 cm³/mol. The van der Waals surface area contributed by atoms with E-state index in [0.717, 1.165) is 11.8 Å². The summed E-state index contributed by atoms with van der Waals surface area (Å²) in [4.78, 5) is 8.16. The topological polar surface area (TPSA) is 56.7 Å². The molecule has 5 aromatic rings. The van der Waals surface area contributed by atoms with Crippen molar-refractivity contribution in [2.24, 2.45) is 7.05 Å². The van der Waals surface area contributed by atoms with Crippen molar-refractivity contribution >= 4 is 11.6 Å². The molecule has 0 unspecified atom stereocenters. The van der Waals surface area contributed by atoms with Gasteiger partial charge in [0.05, 0.1) is 0 Å². The van der Waals surface area contributed by atoms with Crippen LogP contribution in [0.5, 0.6) is 0 Å². The maximum absolute atomic E-state index is 14.1. The van der Waals surface area contributed by atoms with Crippen LogP contribution >= 0.6 is 11.6 Å². The summed E-state index contributed by atoms with van der Waals surface area (Å²) in [6.07, 6.45) is -3.59. The van der Waals surface area contributed by atoms with Crippen LogP contribution in [0, 0.1) is 12.7 Å². The second kappa shape index (κ2) is 8.91. The molecule has 0 spiro atoms. The molecule has 0 saturated heterocycles. The average Bonchev–Trinajstić information content (AvgIpc) is 3.48. The Morgan fingerprint density at radius 1 is 0.861 bits per heavy atom. The molecule has 0 radical (unpaired) electrons. The van der Waals surface area contributed by atoms with Crippen molar-refractivity contribution in [3.63, 3.8) is 0 Å². The number of imidazole rings is 1. The number of aromatic nitrogens is 4. The number of halogens is 5. The van der Waals surface area contributed by atoms with Crippen LogP contribution in [0.1, 0.15) is 11.3 Å². The SMILES string of the molecule is Cc1ccc(-c2cc(F)ccc2-c2nc(-c3ccc(-c4nc(C(F)(F)F)cn4C)cc3)no2)cc1Cl. The molecule has 0 atom stereocenters. The largest absolute Gasteiger partial charge is 0.434 e. The number of alkyl halides is 3. The molecule has 2 aromatic heterocycles. The quantitative estimate of drug-likeness (QED) is 0.233. The second-order valence-corrected chi connectivity index (χ2v) is 8.62. The molecule has 0 bridgehead atoms. The fraction of sp³-hybridized carbons (Fsp3) is 0.115. The molecule has 0 saturated carbocycles. The van der Waals surface area contributed by atoms with E-state index in [4.69, 9.17) is 16.1 Å². The molecule has 0 aliphatic rings. The van der Waals surface area contributed by atoms with Crippen LogP contribution in [-0.2, 0) is 13.2 Å². The van der Waals surface area contributed by atoms with Crippen LogP contribution in [0.4, 0.5) is 17.6 Å². The maximum atomic E-state index is 14.1. The Morgan fingerprint density at radius 3 is 2.22 bits per heavy atom. The van der Waals surface area contributed by atoms with Gasteiger partial charge in [-0.2, -0.15) is 18.2 Å². The Bertz CT molecular complexity index is 1570. The zero-order chi connectivity index (χ0) is 25.6. The zero-order valence-corrected chi connectivity index (χ0v) is 19.7. The summed E-state index contributed by atoms with van der Waals surface area (Å²) in [5.41, 5.74) is 2.77. The predicted octanol–water partition coefficient (Wildman–Crippen LogP) is 7.59. The molecule has 2 heterocycles. The summed E-state index contributed by atoms with van der Waals surface area (Å²) in [6.45, 7) is 1.87. The highest BCUT2D eigenvalue weighted by atomic mass is 35.5. The summed E-state index contributed by atoms with van der Waals surface area (Å²) >= 11 is 6.27. The molecule has 10 heteroatoms. The van der Waals surface area contributed by atoms with E-state index in [1.54, 1.807) is 36.4 Å². The number of benzene rings is 3. The van der Waals surface area contributed by atoms with Crippen LogP contribution in [0.25, 0.3) is 45.4 Å². The third-order valence-electron chi connectivity index (χ3n) is 5.69. The van der Waals surface area contributed by atoms with Gasteiger partial charge in [0.1, 0.15) is 11.6 Å². The number of aryl methyl sites for hydroxylation is 2. The number of nitrogens with zero attached hydrogens (tertiary/aromatic N) is 4. The summed E-state index contributed by atoms with van der Waals surface area (Å²) < 4.78 is 59.9. The minimum Gasteiger partial charge on any atom is -0.334 e. The highest BCUT2D eigenvalue weighted by molar-refractivity contribution is 6.31. The molecule has 0 N–H and O–H groups in total. The van der Waals surface area contributed by atoms with Gasteiger partial charge in [-0.25, -0.2) is 9.37 Å². The van der Waals surface area contributed by atoms with Crippen molar-refractivity contribution in [3.05, 3.63) is 89.0 Å². The average molecular weight is 513 g/mol. The molecular weight excluding hydrogens is 496 g/mol. The number of hydrogen-bond acceptors (Lipinski definition) is 4. The van der Waals surface area contributed by atoms with Gasteiger partial charge in [-0.15, -0.1) is 0 Å². The Hall–Kier alpha value is -3.98. The van der Waals surface area contributed by atoms with Crippen LogP contribution in [-0.4, -0.2) is 19.7 Å². The fourth-order valence-electron chi connectivity index (χ4n) is 3.79. The van der Waals surface area contributed by atoms with Gasteiger partial charge in [-0.1, -0.05) is 53.2 Å². The van der Waals surface area contributed by atoms with Crippen molar-refractivity contribution in [2.75, 3.05) is 0 Å². The van der Waals surface area contributed by atoms with E-state index in [0.29, 0.717) is 32.8 Å². The molecule has 3 aromatic carbocycles. The van der Waals surface area contributed by atoms with Crippen LogP contribution in [0.2, 0.25) is 5.02 Å². The lowest BCUT2D eigenvalue weighted by Gasteiger charge is -2.08.